The van der Waals surface area contributed by atoms with Gasteiger partial charge in [-0.15, -0.1) is 0 Å². The molecule has 0 spiro atoms. The van der Waals surface area contributed by atoms with Crippen LogP contribution in [-0.2, 0) is 0 Å². The van der Waals surface area contributed by atoms with Crippen LogP contribution in [0.3, 0.4) is 0 Å². The van der Waals surface area contributed by atoms with Crippen LogP contribution in [0.15, 0.2) is 18.3 Å². The molecule has 0 aromatic carbocycles. The maximum atomic E-state index is 12.0. The number of aromatic carboxylic acids is 1. The Morgan fingerprint density at radius 1 is 1.29 bits per heavy atom. The van der Waals surface area contributed by atoms with Crippen molar-refractivity contribution in [3.63, 3.8) is 0 Å². The van der Waals surface area contributed by atoms with Gasteiger partial charge in [-0.05, 0) is 30.4 Å². The van der Waals surface area contributed by atoms with Crippen molar-refractivity contribution in [2.45, 2.75) is 6.42 Å². The minimum atomic E-state index is -1.08. The highest BCUT2D eigenvalue weighted by Gasteiger charge is 2.46. The van der Waals surface area contributed by atoms with E-state index in [1.54, 1.807) is 0 Å². The van der Waals surface area contributed by atoms with Crippen molar-refractivity contribution < 1.29 is 14.7 Å². The van der Waals surface area contributed by atoms with E-state index in [-0.39, 0.29) is 11.6 Å². The standard InChI is InChI=1S/C12H12N2O3/c15-11(14-5-8-3-9(8)6-14)7-1-2-10(12(16)17)13-4-7/h1-2,4,8-9H,3,5-6H2,(H,16,17). The van der Waals surface area contributed by atoms with E-state index in [9.17, 15) is 9.59 Å². The Kier molecular flexibility index (Phi) is 2.14. The molecule has 1 aliphatic carbocycles. The number of rotatable bonds is 2. The third-order valence-electron chi connectivity index (χ3n) is 3.50. The molecule has 1 saturated carbocycles. The van der Waals surface area contributed by atoms with Gasteiger partial charge >= 0.3 is 5.97 Å². The van der Waals surface area contributed by atoms with Gasteiger partial charge in [-0.1, -0.05) is 0 Å². The average Bonchev–Trinajstić information content (AvgIpc) is 2.95. The summed E-state index contributed by atoms with van der Waals surface area (Å²) in [7, 11) is 0. The van der Waals surface area contributed by atoms with Gasteiger partial charge < -0.3 is 10.0 Å². The Morgan fingerprint density at radius 3 is 2.53 bits per heavy atom. The van der Waals surface area contributed by atoms with E-state index in [4.69, 9.17) is 5.11 Å². The van der Waals surface area contributed by atoms with Crippen LogP contribution in [0.4, 0.5) is 0 Å². The molecule has 2 unspecified atom stereocenters. The van der Waals surface area contributed by atoms with Crippen molar-refractivity contribution in [2.24, 2.45) is 11.8 Å². The fraction of sp³-hybridized carbons (Fsp3) is 0.417. The topological polar surface area (TPSA) is 70.5 Å². The number of carbonyl (C=O) groups excluding carboxylic acids is 1. The fourth-order valence-corrected chi connectivity index (χ4v) is 2.39. The number of carboxylic acids is 1. The number of fused-ring (bicyclic) bond motifs is 1. The van der Waals surface area contributed by atoms with Crippen molar-refractivity contribution in [1.82, 2.24) is 9.88 Å². The number of carboxylic acid groups (broad SMARTS) is 1. The number of hydrogen-bond donors (Lipinski definition) is 1. The Labute approximate surface area is 98.1 Å². The van der Waals surface area contributed by atoms with E-state index in [1.807, 2.05) is 4.90 Å². The van der Waals surface area contributed by atoms with Crippen molar-refractivity contribution in [3.05, 3.63) is 29.6 Å². The molecule has 0 radical (unpaired) electrons. The van der Waals surface area contributed by atoms with Gasteiger partial charge in [0.25, 0.3) is 5.91 Å². The number of aromatic nitrogens is 1. The first-order valence-electron chi connectivity index (χ1n) is 5.64. The first-order chi connectivity index (χ1) is 8.15. The Morgan fingerprint density at radius 2 is 2.00 bits per heavy atom. The van der Waals surface area contributed by atoms with Crippen LogP contribution in [0.25, 0.3) is 0 Å². The molecule has 2 aliphatic rings. The Hall–Kier alpha value is -1.91. The van der Waals surface area contributed by atoms with Gasteiger partial charge in [0, 0.05) is 19.3 Å². The van der Waals surface area contributed by atoms with E-state index in [1.165, 1.54) is 24.8 Å². The van der Waals surface area contributed by atoms with Crippen molar-refractivity contribution in [1.29, 1.82) is 0 Å². The van der Waals surface area contributed by atoms with Gasteiger partial charge in [0.2, 0.25) is 0 Å². The van der Waals surface area contributed by atoms with Gasteiger partial charge in [0.1, 0.15) is 5.69 Å². The number of carbonyl (C=O) groups is 2. The largest absolute Gasteiger partial charge is 0.477 e. The van der Waals surface area contributed by atoms with Crippen molar-refractivity contribution in [2.75, 3.05) is 13.1 Å². The predicted octanol–water partition coefficient (Wildman–Crippen LogP) is 0.872. The van der Waals surface area contributed by atoms with Crippen LogP contribution in [0.1, 0.15) is 27.3 Å². The van der Waals surface area contributed by atoms with Gasteiger partial charge in [-0.3, -0.25) is 4.79 Å². The highest BCUT2D eigenvalue weighted by atomic mass is 16.4. The zero-order chi connectivity index (χ0) is 12.0. The molecule has 88 valence electrons. The number of likely N-dealkylation sites (tertiary alicyclic amines) is 1. The molecule has 2 heterocycles. The maximum Gasteiger partial charge on any atom is 0.354 e. The summed E-state index contributed by atoms with van der Waals surface area (Å²) in [5.74, 6) is 0.281. The summed E-state index contributed by atoms with van der Waals surface area (Å²) in [5.41, 5.74) is 0.433. The van der Waals surface area contributed by atoms with E-state index in [0.717, 1.165) is 13.1 Å². The normalized spacial score (nSPS) is 25.5. The Balaban J connectivity index is 1.75. The van der Waals surface area contributed by atoms with Crippen LogP contribution in [0.2, 0.25) is 0 Å². The lowest BCUT2D eigenvalue weighted by Crippen LogP contribution is -2.30. The molecule has 3 rings (SSSR count). The summed E-state index contributed by atoms with van der Waals surface area (Å²) >= 11 is 0. The van der Waals surface area contributed by atoms with Crippen LogP contribution in [0.5, 0.6) is 0 Å². The lowest BCUT2D eigenvalue weighted by Gasteiger charge is -2.17. The summed E-state index contributed by atoms with van der Waals surface area (Å²) < 4.78 is 0. The number of nitrogens with zero attached hydrogens (tertiary/aromatic N) is 2. The van der Waals surface area contributed by atoms with Gasteiger partial charge in [0.05, 0.1) is 5.56 Å². The molecule has 1 saturated heterocycles. The van der Waals surface area contributed by atoms with Crippen LogP contribution in [-0.4, -0.2) is 40.0 Å². The fourth-order valence-electron chi connectivity index (χ4n) is 2.39. The summed E-state index contributed by atoms with van der Waals surface area (Å²) in [6.45, 7) is 1.67. The summed E-state index contributed by atoms with van der Waals surface area (Å²) in [6.07, 6.45) is 2.59. The Bertz CT molecular complexity index is 473. The third kappa shape index (κ3) is 1.77. The third-order valence-corrected chi connectivity index (χ3v) is 3.50. The number of pyridine rings is 1. The first kappa shape index (κ1) is 10.3. The summed E-state index contributed by atoms with van der Waals surface area (Å²) in [4.78, 5) is 28.2. The molecule has 17 heavy (non-hydrogen) atoms. The molecule has 0 bridgehead atoms. The van der Waals surface area contributed by atoms with Gasteiger partial charge in [0.15, 0.2) is 0 Å². The first-order valence-corrected chi connectivity index (χ1v) is 5.64. The lowest BCUT2D eigenvalue weighted by atomic mass is 10.2. The lowest BCUT2D eigenvalue weighted by molar-refractivity contribution is 0.0688. The monoisotopic (exact) mass is 232 g/mol. The molecule has 1 amide bonds. The highest BCUT2D eigenvalue weighted by Crippen LogP contribution is 2.45. The maximum absolute atomic E-state index is 12.0. The van der Waals surface area contributed by atoms with Gasteiger partial charge in [-0.2, -0.15) is 0 Å². The second-order valence-electron chi connectivity index (χ2n) is 4.70. The molecular formula is C12H12N2O3. The molecule has 2 atom stereocenters. The van der Waals surface area contributed by atoms with Crippen LogP contribution in [0, 0.1) is 11.8 Å². The molecule has 1 aromatic rings. The summed E-state index contributed by atoms with van der Waals surface area (Å²) in [6, 6.07) is 2.90. The minimum absolute atomic E-state index is 0.0363. The van der Waals surface area contributed by atoms with Crippen LogP contribution < -0.4 is 0 Å². The quantitative estimate of drug-likeness (QED) is 0.821. The van der Waals surface area contributed by atoms with E-state index in [2.05, 4.69) is 4.98 Å². The molecule has 1 N–H and O–H groups in total. The van der Waals surface area contributed by atoms with Crippen molar-refractivity contribution in [3.8, 4) is 0 Å². The smallest absolute Gasteiger partial charge is 0.354 e. The minimum Gasteiger partial charge on any atom is -0.477 e. The highest BCUT2D eigenvalue weighted by molar-refractivity contribution is 5.95. The molecule has 1 aliphatic heterocycles. The van der Waals surface area contributed by atoms with Crippen molar-refractivity contribution >= 4 is 11.9 Å². The summed E-state index contributed by atoms with van der Waals surface area (Å²) in [5, 5.41) is 8.71. The predicted molar refractivity (Wildman–Crippen MR) is 58.7 cm³/mol. The molecule has 2 fully saturated rings. The average molecular weight is 232 g/mol. The second-order valence-corrected chi connectivity index (χ2v) is 4.70. The number of hydrogen-bond acceptors (Lipinski definition) is 3. The van der Waals surface area contributed by atoms with Crippen LogP contribution >= 0.6 is 0 Å². The molecule has 5 nitrogen and oxygen atoms in total. The molecule has 1 aromatic heterocycles. The molecular weight excluding hydrogens is 220 g/mol. The SMILES string of the molecule is O=C(O)c1ccc(C(=O)N2CC3CC3C2)cn1. The zero-order valence-corrected chi connectivity index (χ0v) is 9.17. The van der Waals surface area contributed by atoms with Gasteiger partial charge in [-0.25, -0.2) is 9.78 Å². The molecule has 5 heteroatoms. The zero-order valence-electron chi connectivity index (χ0n) is 9.17. The number of piperidine rings is 1. The number of amides is 1. The van der Waals surface area contributed by atoms with E-state index >= 15 is 0 Å². The van der Waals surface area contributed by atoms with E-state index in [0.29, 0.717) is 17.4 Å². The van der Waals surface area contributed by atoms with E-state index < -0.39 is 5.97 Å². The second kappa shape index (κ2) is 3.55.